The van der Waals surface area contributed by atoms with E-state index in [1.807, 2.05) is 41.6 Å². The van der Waals surface area contributed by atoms with Crippen molar-refractivity contribution in [2.45, 2.75) is 20.4 Å². The third-order valence-electron chi connectivity index (χ3n) is 3.96. The van der Waals surface area contributed by atoms with Gasteiger partial charge < -0.3 is 14.8 Å². The molecule has 7 nitrogen and oxygen atoms in total. The maximum absolute atomic E-state index is 12.4. The summed E-state index contributed by atoms with van der Waals surface area (Å²) in [7, 11) is 0. The maximum Gasteiger partial charge on any atom is 0.242 e. The van der Waals surface area contributed by atoms with Crippen LogP contribution in [-0.2, 0) is 11.3 Å². The number of thiazole rings is 1. The summed E-state index contributed by atoms with van der Waals surface area (Å²) >= 11 is 1.27. The topological polar surface area (TPSA) is 86.8 Å². The van der Waals surface area contributed by atoms with Gasteiger partial charge in [0, 0.05) is 30.9 Å². The van der Waals surface area contributed by atoms with E-state index in [2.05, 4.69) is 21.4 Å². The van der Waals surface area contributed by atoms with Gasteiger partial charge in [-0.3, -0.25) is 4.79 Å². The largest absolute Gasteiger partial charge is 0.342 e. The van der Waals surface area contributed by atoms with E-state index in [1.165, 1.54) is 17.5 Å². The number of anilines is 2. The Morgan fingerprint density at radius 2 is 2.16 bits per heavy atom. The molecule has 0 radical (unpaired) electrons. The van der Waals surface area contributed by atoms with Crippen molar-refractivity contribution in [2.75, 3.05) is 18.4 Å². The smallest absolute Gasteiger partial charge is 0.242 e. The number of amides is 1. The lowest BCUT2D eigenvalue weighted by molar-refractivity contribution is -0.131. The molecule has 8 heteroatoms. The van der Waals surface area contributed by atoms with E-state index in [0.29, 0.717) is 35.5 Å². The molecule has 128 valence electrons. The van der Waals surface area contributed by atoms with Gasteiger partial charge in [-0.1, -0.05) is 11.3 Å². The van der Waals surface area contributed by atoms with Crippen LogP contribution in [-0.4, -0.2) is 38.4 Å². The molecule has 0 saturated heterocycles. The van der Waals surface area contributed by atoms with Crippen molar-refractivity contribution in [1.29, 1.82) is 5.26 Å². The second kappa shape index (κ2) is 7.32. The van der Waals surface area contributed by atoms with Gasteiger partial charge in [-0.05, 0) is 26.0 Å². The molecule has 0 unspecified atom stereocenters. The Morgan fingerprint density at radius 1 is 1.36 bits per heavy atom. The molecule has 25 heavy (non-hydrogen) atoms. The first-order valence-corrected chi connectivity index (χ1v) is 8.82. The van der Waals surface area contributed by atoms with E-state index in [0.717, 1.165) is 10.9 Å². The Morgan fingerprint density at radius 3 is 2.84 bits per heavy atom. The average Bonchev–Trinajstić information content (AvgIpc) is 3.24. The number of fused-ring (bicyclic) bond motifs is 1. The van der Waals surface area contributed by atoms with Crippen LogP contribution < -0.4 is 5.32 Å². The van der Waals surface area contributed by atoms with Crippen molar-refractivity contribution in [3.05, 3.63) is 35.6 Å². The Balaban J connectivity index is 1.87. The number of hydrogen-bond acceptors (Lipinski definition) is 6. The molecule has 3 heterocycles. The molecule has 0 bridgehead atoms. The Bertz CT molecular complexity index is 934. The fourth-order valence-corrected chi connectivity index (χ4v) is 3.28. The third kappa shape index (κ3) is 3.46. The quantitative estimate of drug-likeness (QED) is 0.735. The Labute approximate surface area is 149 Å². The number of rotatable bonds is 6. The van der Waals surface area contributed by atoms with Crippen molar-refractivity contribution in [3.63, 3.8) is 0 Å². The first-order chi connectivity index (χ1) is 12.2. The predicted octanol–water partition coefficient (Wildman–Crippen LogP) is 2.98. The molecule has 1 N–H and O–H groups in total. The van der Waals surface area contributed by atoms with Crippen LogP contribution >= 0.6 is 11.3 Å². The van der Waals surface area contributed by atoms with Crippen LogP contribution in [0.4, 0.5) is 10.9 Å². The van der Waals surface area contributed by atoms with Crippen LogP contribution in [0.15, 0.2) is 30.7 Å². The predicted molar refractivity (Wildman–Crippen MR) is 97.8 cm³/mol. The molecule has 0 saturated carbocycles. The zero-order chi connectivity index (χ0) is 17.8. The van der Waals surface area contributed by atoms with Crippen molar-refractivity contribution in [1.82, 2.24) is 19.4 Å². The summed E-state index contributed by atoms with van der Waals surface area (Å²) in [5, 5.41) is 13.6. The van der Waals surface area contributed by atoms with Gasteiger partial charge in [-0.15, -0.1) is 0 Å². The fraction of sp³-hybridized carbons (Fsp3) is 0.294. The molecule has 0 atom stereocenters. The Kier molecular flexibility index (Phi) is 4.95. The number of likely N-dealkylation sites (N-methyl/N-ethyl adjacent to an activating group) is 1. The molecular weight excluding hydrogens is 336 g/mol. The zero-order valence-electron chi connectivity index (χ0n) is 14.1. The molecule has 0 spiro atoms. The minimum atomic E-state index is 0.0902. The number of carbonyl (C=O) groups is 1. The zero-order valence-corrected chi connectivity index (χ0v) is 14.9. The van der Waals surface area contributed by atoms with E-state index in [-0.39, 0.29) is 5.91 Å². The number of aromatic nitrogens is 3. The molecule has 1 amide bonds. The number of pyridine rings is 1. The normalized spacial score (nSPS) is 10.6. The van der Waals surface area contributed by atoms with Crippen LogP contribution in [0, 0.1) is 11.3 Å². The molecule has 3 rings (SSSR count). The molecule has 0 fully saturated rings. The minimum Gasteiger partial charge on any atom is -0.342 e. The summed E-state index contributed by atoms with van der Waals surface area (Å²) in [4.78, 5) is 23.2. The highest BCUT2D eigenvalue weighted by Gasteiger charge is 2.14. The summed E-state index contributed by atoms with van der Waals surface area (Å²) < 4.78 is 1.92. The molecule has 0 aliphatic heterocycles. The van der Waals surface area contributed by atoms with E-state index in [4.69, 9.17) is 5.26 Å². The van der Waals surface area contributed by atoms with Gasteiger partial charge >= 0.3 is 0 Å². The second-order valence-corrected chi connectivity index (χ2v) is 6.40. The molecule has 0 aliphatic carbocycles. The standard InChI is InChI=1S/C17H18N6OS/c1-3-22(4-2)15(24)11-23-8-6-13-14(23)5-7-19-16(13)21-17-20-10-12(9-18)25-17/h5-8,10H,3-4,11H2,1-2H3,(H,19,20,21). The van der Waals surface area contributed by atoms with Gasteiger partial charge in [0.1, 0.15) is 23.3 Å². The Hall–Kier alpha value is -2.92. The van der Waals surface area contributed by atoms with Crippen LogP contribution in [0.2, 0.25) is 0 Å². The van der Waals surface area contributed by atoms with Gasteiger partial charge in [0.25, 0.3) is 0 Å². The molecule has 3 aromatic rings. The first-order valence-electron chi connectivity index (χ1n) is 8.00. The van der Waals surface area contributed by atoms with Gasteiger partial charge in [-0.2, -0.15) is 5.26 Å². The summed E-state index contributed by atoms with van der Waals surface area (Å²) in [6, 6.07) is 5.88. The number of nitrogens with one attached hydrogen (secondary N) is 1. The lowest BCUT2D eigenvalue weighted by atomic mass is 10.3. The highest BCUT2D eigenvalue weighted by molar-refractivity contribution is 7.16. The van der Waals surface area contributed by atoms with Gasteiger partial charge in [0.15, 0.2) is 5.13 Å². The number of hydrogen-bond donors (Lipinski definition) is 1. The van der Waals surface area contributed by atoms with E-state index >= 15 is 0 Å². The van der Waals surface area contributed by atoms with Gasteiger partial charge in [0.2, 0.25) is 5.91 Å². The highest BCUT2D eigenvalue weighted by atomic mass is 32.1. The summed E-state index contributed by atoms with van der Waals surface area (Å²) in [5.74, 6) is 0.748. The minimum absolute atomic E-state index is 0.0902. The maximum atomic E-state index is 12.4. The van der Waals surface area contributed by atoms with Crippen molar-refractivity contribution >= 4 is 39.1 Å². The van der Waals surface area contributed by atoms with Crippen molar-refractivity contribution in [3.8, 4) is 6.07 Å². The number of nitrogens with zero attached hydrogens (tertiary/aromatic N) is 5. The van der Waals surface area contributed by atoms with Gasteiger partial charge in [0.05, 0.1) is 11.7 Å². The van der Waals surface area contributed by atoms with Crippen LogP contribution in [0.25, 0.3) is 10.9 Å². The summed E-state index contributed by atoms with van der Waals surface area (Å²) in [5.41, 5.74) is 0.926. The SMILES string of the molecule is CCN(CC)C(=O)Cn1ccc2c(Nc3ncc(C#N)s3)nccc21. The van der Waals surface area contributed by atoms with E-state index in [1.54, 1.807) is 6.20 Å². The van der Waals surface area contributed by atoms with Crippen LogP contribution in [0.3, 0.4) is 0 Å². The molecule has 0 aromatic carbocycles. The van der Waals surface area contributed by atoms with Crippen molar-refractivity contribution < 1.29 is 4.79 Å². The third-order valence-corrected chi connectivity index (χ3v) is 4.78. The second-order valence-electron chi connectivity index (χ2n) is 5.37. The fourth-order valence-electron chi connectivity index (χ4n) is 2.67. The van der Waals surface area contributed by atoms with Gasteiger partial charge in [-0.25, -0.2) is 9.97 Å². The van der Waals surface area contributed by atoms with Crippen molar-refractivity contribution in [2.24, 2.45) is 0 Å². The average molecular weight is 354 g/mol. The monoisotopic (exact) mass is 354 g/mol. The molecule has 3 aromatic heterocycles. The molecular formula is C17H18N6OS. The molecule has 0 aliphatic rings. The first kappa shape index (κ1) is 16.9. The highest BCUT2D eigenvalue weighted by Crippen LogP contribution is 2.27. The van der Waals surface area contributed by atoms with Crippen LogP contribution in [0.5, 0.6) is 0 Å². The number of carbonyl (C=O) groups excluding carboxylic acids is 1. The summed E-state index contributed by atoms with van der Waals surface area (Å²) in [6.07, 6.45) is 5.12. The lowest BCUT2D eigenvalue weighted by Gasteiger charge is -2.19. The van der Waals surface area contributed by atoms with E-state index in [9.17, 15) is 4.79 Å². The van der Waals surface area contributed by atoms with E-state index < -0.39 is 0 Å². The number of nitriles is 1. The lowest BCUT2D eigenvalue weighted by Crippen LogP contribution is -2.33. The summed E-state index contributed by atoms with van der Waals surface area (Å²) in [6.45, 7) is 5.65. The van der Waals surface area contributed by atoms with Crippen LogP contribution in [0.1, 0.15) is 18.7 Å².